The fourth-order valence-electron chi connectivity index (χ4n) is 1.63. The number of halogens is 6. The van der Waals surface area contributed by atoms with E-state index < -0.39 is 35.2 Å². The van der Waals surface area contributed by atoms with E-state index in [1.54, 1.807) is 0 Å². The van der Waals surface area contributed by atoms with Crippen molar-refractivity contribution in [3.63, 3.8) is 0 Å². The summed E-state index contributed by atoms with van der Waals surface area (Å²) in [4.78, 5) is 2.57. The van der Waals surface area contributed by atoms with Crippen LogP contribution in [-0.2, 0) is 20.0 Å². The monoisotopic (exact) mass is 408 g/mol. The third-order valence-electron chi connectivity index (χ3n) is 2.86. The largest absolute Gasteiger partial charge is 0.512 e. The minimum absolute atomic E-state index is 0.493. The van der Waals surface area contributed by atoms with Crippen LogP contribution in [0.4, 0.5) is 26.3 Å². The minimum atomic E-state index is -6.60. The molecule has 1 fully saturated rings. The van der Waals surface area contributed by atoms with Gasteiger partial charge >= 0.3 is 31.1 Å². The Hall–Kier alpha value is -0.600. The van der Waals surface area contributed by atoms with Gasteiger partial charge in [0, 0.05) is 0 Å². The summed E-state index contributed by atoms with van der Waals surface area (Å²) < 4.78 is 108. The molecule has 1 aliphatic rings. The van der Waals surface area contributed by atoms with Crippen LogP contribution in [0.2, 0.25) is 0 Å². The second kappa shape index (κ2) is 8.67. The van der Waals surface area contributed by atoms with Gasteiger partial charge in [0.25, 0.3) is 0 Å². The van der Waals surface area contributed by atoms with E-state index in [1.807, 2.05) is 0 Å². The van der Waals surface area contributed by atoms with Crippen LogP contribution < -0.4 is 4.13 Å². The number of sulfonamides is 2. The van der Waals surface area contributed by atoms with Gasteiger partial charge in [-0.15, -0.1) is 0 Å². The first-order chi connectivity index (χ1) is 10.6. The van der Waals surface area contributed by atoms with Crippen molar-refractivity contribution in [2.75, 3.05) is 19.6 Å². The fourth-order valence-corrected chi connectivity index (χ4v) is 3.54. The highest BCUT2D eigenvalue weighted by molar-refractivity contribution is 8.05. The van der Waals surface area contributed by atoms with E-state index in [-0.39, 0.29) is 0 Å². The lowest BCUT2D eigenvalue weighted by Crippen LogP contribution is -2.45. The molecule has 1 heterocycles. The lowest BCUT2D eigenvalue weighted by Gasteiger charge is -2.12. The maximum atomic E-state index is 11.5. The smallest absolute Gasteiger partial charge is 0.303 e. The van der Waals surface area contributed by atoms with Crippen LogP contribution in [0.25, 0.3) is 0 Å². The maximum Gasteiger partial charge on any atom is 0.512 e. The van der Waals surface area contributed by atoms with Crippen LogP contribution in [0, 0.1) is 0 Å². The average Bonchev–Trinajstić information content (AvgIpc) is 2.86. The predicted octanol–water partition coefficient (Wildman–Crippen LogP) is 2.16. The molecule has 0 amide bonds. The van der Waals surface area contributed by atoms with Crippen LogP contribution in [0.5, 0.6) is 0 Å². The molecule has 0 saturated carbocycles. The molecule has 0 radical (unpaired) electrons. The Balaban J connectivity index is 0.000000496. The van der Waals surface area contributed by atoms with Gasteiger partial charge < -0.3 is 4.90 Å². The number of alkyl halides is 6. The molecule has 0 aliphatic carbocycles. The lowest BCUT2D eigenvalue weighted by atomic mass is 10.3. The highest BCUT2D eigenvalue weighted by Gasteiger charge is 2.55. The van der Waals surface area contributed by atoms with Crippen LogP contribution >= 0.6 is 0 Å². The molecule has 0 atom stereocenters. The second-order valence-electron chi connectivity index (χ2n) is 4.88. The minimum Gasteiger partial charge on any atom is -0.303 e. The van der Waals surface area contributed by atoms with Crippen molar-refractivity contribution < 1.29 is 43.2 Å². The third-order valence-corrected chi connectivity index (χ3v) is 5.83. The molecule has 146 valence electrons. The Morgan fingerprint density at radius 2 is 1.25 bits per heavy atom. The molecule has 6 nitrogen and oxygen atoms in total. The number of likely N-dealkylation sites (tertiary alicyclic amines) is 1. The summed E-state index contributed by atoms with van der Waals surface area (Å²) in [5.41, 5.74) is -12.3. The summed E-state index contributed by atoms with van der Waals surface area (Å²) in [6.07, 6.45) is 5.60. The van der Waals surface area contributed by atoms with E-state index >= 15 is 0 Å². The first kappa shape index (κ1) is 23.4. The van der Waals surface area contributed by atoms with Gasteiger partial charge in [0.05, 0.1) is 0 Å². The van der Waals surface area contributed by atoms with Crippen molar-refractivity contribution in [1.29, 1.82) is 0 Å². The van der Waals surface area contributed by atoms with Crippen molar-refractivity contribution in [2.24, 2.45) is 0 Å². The molecular formula is C10H18F6N2O4S2. The normalized spacial score (nSPS) is 17.5. The van der Waals surface area contributed by atoms with Gasteiger partial charge in [-0.3, -0.25) is 0 Å². The molecule has 14 heteroatoms. The molecule has 1 aliphatic heterocycles. The molecule has 24 heavy (non-hydrogen) atoms. The van der Waals surface area contributed by atoms with Gasteiger partial charge in [0.15, 0.2) is 0 Å². The van der Waals surface area contributed by atoms with E-state index in [2.05, 4.69) is 11.8 Å². The van der Waals surface area contributed by atoms with E-state index in [0.717, 1.165) is 0 Å². The number of hydrogen-bond donors (Lipinski definition) is 1. The van der Waals surface area contributed by atoms with Crippen LogP contribution in [0.3, 0.4) is 0 Å². The van der Waals surface area contributed by atoms with Gasteiger partial charge in [-0.1, -0.05) is 17.5 Å². The van der Waals surface area contributed by atoms with E-state index in [0.29, 0.717) is 0 Å². The number of rotatable bonds is 5. The average molecular weight is 408 g/mol. The van der Waals surface area contributed by atoms with Gasteiger partial charge in [-0.25, -0.2) is 16.8 Å². The number of unbranched alkanes of at least 4 members (excludes halogenated alkanes) is 1. The number of nitrogens with one attached hydrogen (secondary N) is 1. The summed E-state index contributed by atoms with van der Waals surface area (Å²) in [5, 5.41) is 0. The molecule has 0 bridgehead atoms. The SMILES string of the molecule is CCCCN1CCCC1.O=S(=O)(NS(=O)(=O)C(F)(F)F)C(F)(F)F. The maximum absolute atomic E-state index is 11.5. The molecular weight excluding hydrogens is 390 g/mol. The molecule has 1 saturated heterocycles. The Morgan fingerprint density at radius 3 is 1.54 bits per heavy atom. The van der Waals surface area contributed by atoms with Crippen molar-refractivity contribution >= 4 is 20.0 Å². The summed E-state index contributed by atoms with van der Waals surface area (Å²) in [7, 11) is -13.2. The van der Waals surface area contributed by atoms with Crippen molar-refractivity contribution in [3.05, 3.63) is 0 Å². The quantitative estimate of drug-likeness (QED) is 0.705. The molecule has 0 aromatic rings. The molecule has 0 aromatic heterocycles. The Bertz CT molecular complexity index is 537. The zero-order valence-electron chi connectivity index (χ0n) is 12.6. The first-order valence-electron chi connectivity index (χ1n) is 6.77. The van der Waals surface area contributed by atoms with Crippen LogP contribution in [-0.4, -0.2) is 52.4 Å². The molecule has 0 aromatic carbocycles. The van der Waals surface area contributed by atoms with E-state index in [4.69, 9.17) is 0 Å². The van der Waals surface area contributed by atoms with E-state index in [1.165, 1.54) is 45.3 Å². The molecule has 1 N–H and O–H groups in total. The predicted molar refractivity (Wildman–Crippen MR) is 73.7 cm³/mol. The Kier molecular flexibility index (Phi) is 8.45. The van der Waals surface area contributed by atoms with E-state index in [9.17, 15) is 43.2 Å². The summed E-state index contributed by atoms with van der Waals surface area (Å²) >= 11 is 0. The Morgan fingerprint density at radius 1 is 0.875 bits per heavy atom. The van der Waals surface area contributed by atoms with Crippen molar-refractivity contribution in [2.45, 2.75) is 43.6 Å². The van der Waals surface area contributed by atoms with Crippen LogP contribution in [0.15, 0.2) is 0 Å². The zero-order valence-corrected chi connectivity index (χ0v) is 14.2. The molecule has 1 rings (SSSR count). The molecule has 0 spiro atoms. The summed E-state index contributed by atoms with van der Waals surface area (Å²) in [5.74, 6) is 0. The third kappa shape index (κ3) is 7.53. The topological polar surface area (TPSA) is 83.6 Å². The zero-order chi connectivity index (χ0) is 19.2. The van der Waals surface area contributed by atoms with Gasteiger partial charge in [0.2, 0.25) is 0 Å². The Labute approximate surface area is 136 Å². The van der Waals surface area contributed by atoms with Crippen molar-refractivity contribution in [3.8, 4) is 0 Å². The number of nitrogens with zero attached hydrogens (tertiary/aromatic N) is 1. The lowest BCUT2D eigenvalue weighted by molar-refractivity contribution is -0.0476. The summed E-state index contributed by atoms with van der Waals surface area (Å²) in [6, 6.07) is 0. The van der Waals surface area contributed by atoms with Crippen molar-refractivity contribution in [1.82, 2.24) is 9.03 Å². The highest BCUT2D eigenvalue weighted by atomic mass is 32.3. The van der Waals surface area contributed by atoms with Gasteiger partial charge in [0.1, 0.15) is 0 Å². The van der Waals surface area contributed by atoms with Crippen LogP contribution in [0.1, 0.15) is 32.6 Å². The number of hydrogen-bond acceptors (Lipinski definition) is 5. The van der Waals surface area contributed by atoms with Gasteiger partial charge in [-0.05, 0) is 38.9 Å². The highest BCUT2D eigenvalue weighted by Crippen LogP contribution is 2.27. The van der Waals surface area contributed by atoms with Gasteiger partial charge in [-0.2, -0.15) is 26.3 Å². The fraction of sp³-hybridized carbons (Fsp3) is 1.00. The standard InChI is InChI=1S/C8H17N.C2HF6NO4S2/c1-2-3-6-9-7-4-5-8-9;3-1(4,5)14(10,11)9-15(12,13)2(6,7)8/h2-8H2,1H3;9H. The second-order valence-corrected chi connectivity index (χ2v) is 8.49. The first-order valence-corrected chi connectivity index (χ1v) is 9.74. The molecule has 0 unspecified atom stereocenters. The summed E-state index contributed by atoms with van der Waals surface area (Å²) in [6.45, 7) is 6.33.